The molecule has 3 rings (SSSR count). The van der Waals surface area contributed by atoms with Gasteiger partial charge in [0, 0.05) is 44.4 Å². The van der Waals surface area contributed by atoms with E-state index in [4.69, 9.17) is 9.47 Å². The quantitative estimate of drug-likeness (QED) is 0.840. The van der Waals surface area contributed by atoms with Gasteiger partial charge in [-0.2, -0.15) is 0 Å². The normalized spacial score (nSPS) is 19.2. The fraction of sp³-hybridized carbons (Fsp3) is 0.625. The van der Waals surface area contributed by atoms with E-state index in [1.54, 1.807) is 26.4 Å². The molecule has 0 radical (unpaired) electrons. The van der Waals surface area contributed by atoms with Gasteiger partial charge in [0.1, 0.15) is 17.2 Å². The molecule has 132 valence electrons. The number of phenolic OH excluding ortho intramolecular Hbond substituents is 1. The van der Waals surface area contributed by atoms with Gasteiger partial charge in [0.2, 0.25) is 0 Å². The van der Waals surface area contributed by atoms with Gasteiger partial charge in [-0.15, -0.1) is 24.8 Å². The van der Waals surface area contributed by atoms with Crippen molar-refractivity contribution in [1.29, 1.82) is 0 Å². The van der Waals surface area contributed by atoms with Gasteiger partial charge in [-0.05, 0) is 18.8 Å². The van der Waals surface area contributed by atoms with Crippen LogP contribution in [0.2, 0.25) is 0 Å². The second-order valence-electron chi connectivity index (χ2n) is 5.83. The van der Waals surface area contributed by atoms with E-state index in [2.05, 4.69) is 10.2 Å². The Hall–Kier alpha value is -0.880. The highest BCUT2D eigenvalue weighted by atomic mass is 35.5. The Labute approximate surface area is 150 Å². The number of rotatable bonds is 5. The average molecular weight is 365 g/mol. The number of piperazine rings is 1. The van der Waals surface area contributed by atoms with Crippen molar-refractivity contribution >= 4 is 24.8 Å². The van der Waals surface area contributed by atoms with E-state index in [9.17, 15) is 5.11 Å². The number of nitrogens with one attached hydrogen (secondary N) is 1. The zero-order valence-corrected chi connectivity index (χ0v) is 15.2. The van der Waals surface area contributed by atoms with Crippen LogP contribution in [0, 0.1) is 5.92 Å². The molecule has 1 aromatic rings. The SMILES string of the molecule is COc1cc(O)cc(OC)c1[C@H](C1CC1)N1CCNCC1.Cl.Cl. The van der Waals surface area contributed by atoms with Gasteiger partial charge in [0.05, 0.1) is 19.8 Å². The number of halogens is 2. The van der Waals surface area contributed by atoms with Crippen LogP contribution < -0.4 is 14.8 Å². The smallest absolute Gasteiger partial charge is 0.131 e. The number of benzene rings is 1. The molecule has 0 spiro atoms. The molecule has 1 aliphatic carbocycles. The maximum absolute atomic E-state index is 9.84. The van der Waals surface area contributed by atoms with Crippen molar-refractivity contribution in [3.05, 3.63) is 17.7 Å². The predicted molar refractivity (Wildman–Crippen MR) is 95.6 cm³/mol. The topological polar surface area (TPSA) is 54.0 Å². The first-order valence-electron chi connectivity index (χ1n) is 7.64. The van der Waals surface area contributed by atoms with E-state index >= 15 is 0 Å². The second kappa shape index (κ2) is 8.83. The maximum atomic E-state index is 9.84. The summed E-state index contributed by atoms with van der Waals surface area (Å²) in [5, 5.41) is 13.2. The second-order valence-corrected chi connectivity index (χ2v) is 5.83. The van der Waals surface area contributed by atoms with E-state index in [1.807, 2.05) is 0 Å². The van der Waals surface area contributed by atoms with E-state index in [1.165, 1.54) is 12.8 Å². The van der Waals surface area contributed by atoms with E-state index in [0.29, 0.717) is 12.0 Å². The molecule has 2 fully saturated rings. The van der Waals surface area contributed by atoms with E-state index < -0.39 is 0 Å². The highest BCUT2D eigenvalue weighted by molar-refractivity contribution is 5.85. The Morgan fingerprint density at radius 3 is 2.04 bits per heavy atom. The number of nitrogens with zero attached hydrogens (tertiary/aromatic N) is 1. The average Bonchev–Trinajstić information content (AvgIpc) is 3.34. The molecule has 2 aliphatic rings. The Bertz CT molecular complexity index is 481. The zero-order valence-electron chi connectivity index (χ0n) is 13.6. The summed E-state index contributed by atoms with van der Waals surface area (Å²) in [6.07, 6.45) is 2.50. The fourth-order valence-electron chi connectivity index (χ4n) is 3.31. The molecule has 1 atom stereocenters. The molecule has 2 N–H and O–H groups in total. The Kier molecular flexibility index (Phi) is 7.74. The van der Waals surface area contributed by atoms with E-state index in [0.717, 1.165) is 43.2 Å². The molecule has 1 saturated heterocycles. The third kappa shape index (κ3) is 4.35. The Morgan fingerprint density at radius 1 is 1.09 bits per heavy atom. The number of hydrogen-bond donors (Lipinski definition) is 2. The molecule has 1 heterocycles. The van der Waals surface area contributed by atoms with Crippen LogP contribution in [0.15, 0.2) is 12.1 Å². The van der Waals surface area contributed by atoms with Crippen LogP contribution in [0.25, 0.3) is 0 Å². The van der Waals surface area contributed by atoms with Gasteiger partial charge < -0.3 is 19.9 Å². The molecule has 1 aromatic carbocycles. The lowest BCUT2D eigenvalue weighted by atomic mass is 9.97. The summed E-state index contributed by atoms with van der Waals surface area (Å²) in [5.74, 6) is 2.29. The molecule has 1 aliphatic heterocycles. The highest BCUT2D eigenvalue weighted by Crippen LogP contribution is 2.50. The van der Waals surface area contributed by atoms with Crippen LogP contribution in [-0.4, -0.2) is 50.4 Å². The molecule has 0 bridgehead atoms. The van der Waals surface area contributed by atoms with Gasteiger partial charge in [-0.25, -0.2) is 0 Å². The maximum Gasteiger partial charge on any atom is 0.131 e. The third-order valence-corrected chi connectivity index (χ3v) is 4.44. The van der Waals surface area contributed by atoms with Crippen molar-refractivity contribution in [3.8, 4) is 17.2 Å². The van der Waals surface area contributed by atoms with Gasteiger partial charge >= 0.3 is 0 Å². The number of methoxy groups -OCH3 is 2. The molecule has 5 nitrogen and oxygen atoms in total. The van der Waals surface area contributed by atoms with Gasteiger partial charge in [-0.3, -0.25) is 4.90 Å². The number of hydrogen-bond acceptors (Lipinski definition) is 5. The van der Waals surface area contributed by atoms with Gasteiger partial charge in [0.25, 0.3) is 0 Å². The van der Waals surface area contributed by atoms with E-state index in [-0.39, 0.29) is 30.6 Å². The van der Waals surface area contributed by atoms with Gasteiger partial charge in [-0.1, -0.05) is 0 Å². The summed E-state index contributed by atoms with van der Waals surface area (Å²) in [5.41, 5.74) is 1.09. The summed E-state index contributed by atoms with van der Waals surface area (Å²) in [7, 11) is 3.30. The highest BCUT2D eigenvalue weighted by Gasteiger charge is 2.40. The third-order valence-electron chi connectivity index (χ3n) is 4.44. The minimum atomic E-state index is 0. The summed E-state index contributed by atoms with van der Waals surface area (Å²) in [6, 6.07) is 3.70. The fourth-order valence-corrected chi connectivity index (χ4v) is 3.31. The number of aromatic hydroxyl groups is 1. The van der Waals surface area contributed by atoms with Gasteiger partial charge in [0.15, 0.2) is 0 Å². The van der Waals surface area contributed by atoms with Crippen molar-refractivity contribution < 1.29 is 14.6 Å². The van der Waals surface area contributed by atoms with Crippen LogP contribution in [0.4, 0.5) is 0 Å². The monoisotopic (exact) mass is 364 g/mol. The largest absolute Gasteiger partial charge is 0.508 e. The first kappa shape index (κ1) is 20.2. The van der Waals surface area contributed by atoms with Crippen molar-refractivity contribution in [1.82, 2.24) is 10.2 Å². The minimum Gasteiger partial charge on any atom is -0.508 e. The van der Waals surface area contributed by atoms with Crippen LogP contribution in [0.1, 0.15) is 24.4 Å². The molecular formula is C16H26Cl2N2O3. The standard InChI is InChI=1S/C16H24N2O3.2ClH/c1-20-13-9-12(19)10-14(21-2)15(13)16(11-3-4-11)18-7-5-17-6-8-18;;/h9-11,16-17,19H,3-8H2,1-2H3;2*1H/t16-;;/m0../s1. The van der Waals surface area contributed by atoms with Crippen LogP contribution >= 0.6 is 24.8 Å². The lowest BCUT2D eigenvalue weighted by Crippen LogP contribution is -2.45. The van der Waals surface area contributed by atoms with Crippen LogP contribution in [-0.2, 0) is 0 Å². The molecule has 23 heavy (non-hydrogen) atoms. The molecule has 1 saturated carbocycles. The molecule has 0 unspecified atom stereocenters. The number of ether oxygens (including phenoxy) is 2. The first-order valence-corrected chi connectivity index (χ1v) is 7.64. The summed E-state index contributed by atoms with van der Waals surface area (Å²) in [6.45, 7) is 4.11. The Morgan fingerprint density at radius 2 is 1.61 bits per heavy atom. The van der Waals surface area contributed by atoms with Crippen molar-refractivity contribution in [3.63, 3.8) is 0 Å². The number of phenols is 1. The molecule has 0 aromatic heterocycles. The summed E-state index contributed by atoms with van der Waals surface area (Å²) in [4.78, 5) is 2.52. The summed E-state index contributed by atoms with van der Waals surface area (Å²) >= 11 is 0. The van der Waals surface area contributed by atoms with Crippen LogP contribution in [0.5, 0.6) is 17.2 Å². The molecular weight excluding hydrogens is 339 g/mol. The van der Waals surface area contributed by atoms with Crippen molar-refractivity contribution in [2.24, 2.45) is 5.92 Å². The predicted octanol–water partition coefficient (Wildman–Crippen LogP) is 2.61. The zero-order chi connectivity index (χ0) is 14.8. The lowest BCUT2D eigenvalue weighted by molar-refractivity contribution is 0.150. The molecule has 7 heteroatoms. The van der Waals surface area contributed by atoms with Crippen LogP contribution in [0.3, 0.4) is 0 Å². The Balaban J connectivity index is 0.00000132. The van der Waals surface area contributed by atoms with Crippen molar-refractivity contribution in [2.45, 2.75) is 18.9 Å². The summed E-state index contributed by atoms with van der Waals surface area (Å²) < 4.78 is 11.1. The minimum absolute atomic E-state index is 0. The lowest BCUT2D eigenvalue weighted by Gasteiger charge is -2.36. The first-order chi connectivity index (χ1) is 10.2. The van der Waals surface area contributed by atoms with Crippen molar-refractivity contribution in [2.75, 3.05) is 40.4 Å². The molecule has 0 amide bonds.